The van der Waals surface area contributed by atoms with Crippen LogP contribution in [0.2, 0.25) is 0 Å². The van der Waals surface area contributed by atoms with E-state index >= 15 is 0 Å². The highest BCUT2D eigenvalue weighted by Gasteiger charge is 2.17. The molecule has 0 aliphatic carbocycles. The van der Waals surface area contributed by atoms with Crippen LogP contribution in [-0.4, -0.2) is 0 Å². The molecule has 13 heavy (non-hydrogen) atoms. The van der Waals surface area contributed by atoms with Gasteiger partial charge in [0.15, 0.2) is 0 Å². The van der Waals surface area contributed by atoms with Crippen LogP contribution in [0, 0.1) is 5.92 Å². The normalized spacial score (nSPS) is 15.7. The van der Waals surface area contributed by atoms with Crippen LogP contribution in [0.3, 0.4) is 0 Å². The Labute approximate surface area is 91.6 Å². The van der Waals surface area contributed by atoms with E-state index in [-0.39, 0.29) is 6.04 Å². The maximum Gasteiger partial charge on any atom is 0.0702 e. The van der Waals surface area contributed by atoms with Crippen LogP contribution < -0.4 is 11.3 Å². The van der Waals surface area contributed by atoms with Gasteiger partial charge in [0.2, 0.25) is 0 Å². The molecule has 1 aromatic heterocycles. The standard InChI is InChI=1S/C9H15BrN2S/c1-3-6(2)9(12-11)7-4-5-8(10)13-7/h4-6,9,12H,3,11H2,1-2H3. The van der Waals surface area contributed by atoms with Gasteiger partial charge < -0.3 is 0 Å². The summed E-state index contributed by atoms with van der Waals surface area (Å²) in [6, 6.07) is 4.46. The van der Waals surface area contributed by atoms with E-state index in [1.165, 1.54) is 4.88 Å². The molecule has 0 fully saturated rings. The molecule has 0 aliphatic heterocycles. The molecule has 0 saturated heterocycles. The Morgan fingerprint density at radius 2 is 2.31 bits per heavy atom. The van der Waals surface area contributed by atoms with Crippen LogP contribution in [0.25, 0.3) is 0 Å². The van der Waals surface area contributed by atoms with E-state index in [0.717, 1.165) is 10.2 Å². The molecule has 2 nitrogen and oxygen atoms in total. The third-order valence-corrected chi connectivity index (χ3v) is 4.00. The van der Waals surface area contributed by atoms with E-state index in [9.17, 15) is 0 Å². The average molecular weight is 263 g/mol. The van der Waals surface area contributed by atoms with Gasteiger partial charge in [-0.05, 0) is 34.0 Å². The minimum Gasteiger partial charge on any atom is -0.271 e. The molecule has 4 heteroatoms. The fourth-order valence-electron chi connectivity index (χ4n) is 1.26. The Morgan fingerprint density at radius 3 is 2.69 bits per heavy atom. The van der Waals surface area contributed by atoms with E-state index < -0.39 is 0 Å². The molecule has 0 bridgehead atoms. The zero-order chi connectivity index (χ0) is 9.84. The number of nitrogens with one attached hydrogen (secondary N) is 1. The summed E-state index contributed by atoms with van der Waals surface area (Å²) in [5, 5.41) is 0. The molecule has 0 aromatic carbocycles. The summed E-state index contributed by atoms with van der Waals surface area (Å²) < 4.78 is 1.16. The Kier molecular flexibility index (Phi) is 4.38. The first-order chi connectivity index (χ1) is 6.19. The summed E-state index contributed by atoms with van der Waals surface area (Å²) >= 11 is 5.19. The number of rotatable bonds is 4. The molecule has 2 atom stereocenters. The van der Waals surface area contributed by atoms with Gasteiger partial charge in [-0.25, -0.2) is 0 Å². The Hall–Kier alpha value is 0.1000. The molecular weight excluding hydrogens is 248 g/mol. The topological polar surface area (TPSA) is 38.0 Å². The summed E-state index contributed by atoms with van der Waals surface area (Å²) in [6.07, 6.45) is 1.13. The number of hydrazine groups is 1. The zero-order valence-electron chi connectivity index (χ0n) is 7.88. The number of thiophene rings is 1. The van der Waals surface area contributed by atoms with Crippen molar-refractivity contribution >= 4 is 27.3 Å². The lowest BCUT2D eigenvalue weighted by Gasteiger charge is -2.20. The van der Waals surface area contributed by atoms with Crippen molar-refractivity contribution < 1.29 is 0 Å². The summed E-state index contributed by atoms with van der Waals surface area (Å²) in [5.74, 6) is 6.10. The van der Waals surface area contributed by atoms with Crippen LogP contribution in [0.15, 0.2) is 15.9 Å². The van der Waals surface area contributed by atoms with Crippen LogP contribution in [0.5, 0.6) is 0 Å². The summed E-state index contributed by atoms with van der Waals surface area (Å²) in [5.41, 5.74) is 2.87. The van der Waals surface area contributed by atoms with E-state index in [0.29, 0.717) is 5.92 Å². The summed E-state index contributed by atoms with van der Waals surface area (Å²) in [6.45, 7) is 4.38. The first-order valence-corrected chi connectivity index (χ1v) is 6.01. The molecule has 0 saturated carbocycles. The number of hydrogen-bond acceptors (Lipinski definition) is 3. The van der Waals surface area contributed by atoms with Gasteiger partial charge in [0.25, 0.3) is 0 Å². The van der Waals surface area contributed by atoms with Gasteiger partial charge in [0, 0.05) is 4.88 Å². The lowest BCUT2D eigenvalue weighted by Crippen LogP contribution is -2.31. The minimum atomic E-state index is 0.279. The first-order valence-electron chi connectivity index (χ1n) is 4.40. The van der Waals surface area contributed by atoms with Gasteiger partial charge in [0.1, 0.15) is 0 Å². The quantitative estimate of drug-likeness (QED) is 0.647. The molecule has 1 aromatic rings. The van der Waals surface area contributed by atoms with Gasteiger partial charge in [0.05, 0.1) is 9.83 Å². The van der Waals surface area contributed by atoms with Gasteiger partial charge in [-0.15, -0.1) is 11.3 Å². The van der Waals surface area contributed by atoms with Gasteiger partial charge in [-0.1, -0.05) is 20.3 Å². The Bertz CT molecular complexity index is 262. The van der Waals surface area contributed by atoms with E-state index in [2.05, 4.69) is 47.3 Å². The summed E-state index contributed by atoms with van der Waals surface area (Å²) in [7, 11) is 0. The highest BCUT2D eigenvalue weighted by Crippen LogP contribution is 2.31. The monoisotopic (exact) mass is 262 g/mol. The van der Waals surface area contributed by atoms with Crippen molar-refractivity contribution in [3.05, 3.63) is 20.8 Å². The van der Waals surface area contributed by atoms with Crippen molar-refractivity contribution in [2.75, 3.05) is 0 Å². The third kappa shape index (κ3) is 2.77. The number of nitrogens with two attached hydrogens (primary N) is 1. The molecule has 0 spiro atoms. The van der Waals surface area contributed by atoms with Crippen molar-refractivity contribution in [2.45, 2.75) is 26.3 Å². The fourth-order valence-corrected chi connectivity index (χ4v) is 2.88. The van der Waals surface area contributed by atoms with Crippen LogP contribution in [-0.2, 0) is 0 Å². The maximum atomic E-state index is 5.53. The van der Waals surface area contributed by atoms with Crippen molar-refractivity contribution in [1.29, 1.82) is 0 Å². The maximum absolute atomic E-state index is 5.53. The largest absolute Gasteiger partial charge is 0.271 e. The second-order valence-corrected chi connectivity index (χ2v) is 5.67. The second kappa shape index (κ2) is 5.10. The van der Waals surface area contributed by atoms with Crippen molar-refractivity contribution in [3.63, 3.8) is 0 Å². The predicted molar refractivity (Wildman–Crippen MR) is 61.5 cm³/mol. The van der Waals surface area contributed by atoms with Gasteiger partial charge in [-0.3, -0.25) is 11.3 Å². The molecule has 0 amide bonds. The first kappa shape index (κ1) is 11.2. The van der Waals surface area contributed by atoms with Crippen LogP contribution in [0.4, 0.5) is 0 Å². The molecule has 1 rings (SSSR count). The number of halogens is 1. The molecular formula is C9H15BrN2S. The fraction of sp³-hybridized carbons (Fsp3) is 0.556. The zero-order valence-corrected chi connectivity index (χ0v) is 10.3. The van der Waals surface area contributed by atoms with Gasteiger partial charge in [-0.2, -0.15) is 0 Å². The molecule has 2 unspecified atom stereocenters. The molecule has 74 valence electrons. The minimum absolute atomic E-state index is 0.279. The molecule has 0 aliphatic rings. The van der Waals surface area contributed by atoms with Crippen LogP contribution >= 0.6 is 27.3 Å². The smallest absolute Gasteiger partial charge is 0.0702 e. The summed E-state index contributed by atoms with van der Waals surface area (Å²) in [4.78, 5) is 1.30. The van der Waals surface area contributed by atoms with Crippen molar-refractivity contribution in [3.8, 4) is 0 Å². The molecule has 0 radical (unpaired) electrons. The van der Waals surface area contributed by atoms with E-state index in [1.807, 2.05) is 0 Å². The van der Waals surface area contributed by atoms with Crippen molar-refractivity contribution in [2.24, 2.45) is 11.8 Å². The van der Waals surface area contributed by atoms with E-state index in [1.54, 1.807) is 11.3 Å². The molecule has 3 N–H and O–H groups in total. The lowest BCUT2D eigenvalue weighted by molar-refractivity contribution is 0.388. The highest BCUT2D eigenvalue weighted by molar-refractivity contribution is 9.11. The predicted octanol–water partition coefficient (Wildman–Crippen LogP) is 3.06. The van der Waals surface area contributed by atoms with Crippen molar-refractivity contribution in [1.82, 2.24) is 5.43 Å². The SMILES string of the molecule is CCC(C)C(NN)c1ccc(Br)s1. The number of hydrogen-bond donors (Lipinski definition) is 2. The lowest BCUT2D eigenvalue weighted by atomic mass is 9.99. The second-order valence-electron chi connectivity index (χ2n) is 3.17. The van der Waals surface area contributed by atoms with Gasteiger partial charge >= 0.3 is 0 Å². The Balaban J connectivity index is 2.77. The highest BCUT2D eigenvalue weighted by atomic mass is 79.9. The third-order valence-electron chi connectivity index (χ3n) is 2.29. The van der Waals surface area contributed by atoms with E-state index in [4.69, 9.17) is 5.84 Å². The average Bonchev–Trinajstić information content (AvgIpc) is 2.53. The van der Waals surface area contributed by atoms with Crippen LogP contribution in [0.1, 0.15) is 31.2 Å². The molecule has 1 heterocycles. The Morgan fingerprint density at radius 1 is 1.62 bits per heavy atom.